The zero-order valence-corrected chi connectivity index (χ0v) is 14.0. The lowest BCUT2D eigenvalue weighted by Crippen LogP contribution is -2.20. The highest BCUT2D eigenvalue weighted by molar-refractivity contribution is 7.65. The smallest absolute Gasteiger partial charge is 0.412 e. The van der Waals surface area contributed by atoms with Crippen LogP contribution in [-0.2, 0) is 13.6 Å². The first-order valence-corrected chi connectivity index (χ1v) is 8.28. The standard InChI is InChI=1S/C14H15F6O4P/c1-3-12(10-4-6-11(22-2)7-5-10)25(21,23-8-13(15,16)17)24-9-14(18,19)20/h3-7H,8-9H2,1-2H3. The first-order chi connectivity index (χ1) is 11.4. The molecule has 0 heterocycles. The molecule has 0 fully saturated rings. The van der Waals surface area contributed by atoms with Gasteiger partial charge in [-0.3, -0.25) is 13.6 Å². The molecule has 1 aromatic carbocycles. The Bertz CT molecular complexity index is 614. The van der Waals surface area contributed by atoms with E-state index in [0.29, 0.717) is 5.75 Å². The molecule has 0 bridgehead atoms. The molecule has 1 aromatic rings. The van der Waals surface area contributed by atoms with Crippen LogP contribution in [0.5, 0.6) is 5.75 Å². The molecule has 1 rings (SSSR count). The van der Waals surface area contributed by atoms with Crippen LogP contribution in [0.4, 0.5) is 26.3 Å². The van der Waals surface area contributed by atoms with E-state index in [1.54, 1.807) is 0 Å². The van der Waals surface area contributed by atoms with Gasteiger partial charge in [0.2, 0.25) is 0 Å². The van der Waals surface area contributed by atoms with Gasteiger partial charge in [0.25, 0.3) is 0 Å². The van der Waals surface area contributed by atoms with Gasteiger partial charge < -0.3 is 4.74 Å². The molecule has 0 aliphatic carbocycles. The molecule has 0 atom stereocenters. The third kappa shape index (κ3) is 7.09. The SMILES string of the molecule is CC=C(c1ccc(OC)cc1)P(=O)(OCC(F)(F)F)OCC(F)(F)F. The van der Waals surface area contributed by atoms with Crippen molar-refractivity contribution in [1.82, 2.24) is 0 Å². The van der Waals surface area contributed by atoms with Crippen LogP contribution in [0.2, 0.25) is 0 Å². The van der Waals surface area contributed by atoms with Crippen molar-refractivity contribution >= 4 is 12.9 Å². The predicted molar refractivity (Wildman–Crippen MR) is 78.3 cm³/mol. The number of halogens is 6. The van der Waals surface area contributed by atoms with Gasteiger partial charge in [0, 0.05) is 0 Å². The Balaban J connectivity index is 3.18. The summed E-state index contributed by atoms with van der Waals surface area (Å²) in [6.45, 7) is -2.74. The Morgan fingerprint density at radius 1 is 1.00 bits per heavy atom. The van der Waals surface area contributed by atoms with E-state index in [2.05, 4.69) is 9.05 Å². The monoisotopic (exact) mass is 392 g/mol. The fraction of sp³-hybridized carbons (Fsp3) is 0.429. The van der Waals surface area contributed by atoms with Crippen molar-refractivity contribution in [1.29, 1.82) is 0 Å². The van der Waals surface area contributed by atoms with Crippen molar-refractivity contribution in [3.8, 4) is 5.75 Å². The second-order valence-electron chi connectivity index (χ2n) is 4.68. The van der Waals surface area contributed by atoms with E-state index in [-0.39, 0.29) is 5.56 Å². The Kier molecular flexibility index (Phi) is 7.10. The van der Waals surface area contributed by atoms with Crippen LogP contribution in [0.15, 0.2) is 30.3 Å². The van der Waals surface area contributed by atoms with Crippen LogP contribution in [0, 0.1) is 0 Å². The van der Waals surface area contributed by atoms with E-state index in [0.717, 1.165) is 6.08 Å². The maximum absolute atomic E-state index is 12.6. The van der Waals surface area contributed by atoms with E-state index in [1.165, 1.54) is 38.3 Å². The van der Waals surface area contributed by atoms with Crippen LogP contribution >= 0.6 is 7.60 Å². The number of hydrogen-bond donors (Lipinski definition) is 0. The lowest BCUT2D eigenvalue weighted by Gasteiger charge is -2.23. The Labute approximate surface area is 139 Å². The zero-order chi connectivity index (χ0) is 19.3. The van der Waals surface area contributed by atoms with Crippen molar-refractivity contribution in [3.05, 3.63) is 35.9 Å². The van der Waals surface area contributed by atoms with Gasteiger partial charge in [-0.05, 0) is 24.6 Å². The second-order valence-corrected chi connectivity index (χ2v) is 6.67. The summed E-state index contributed by atoms with van der Waals surface area (Å²) in [6, 6.07) is 5.43. The molecule has 142 valence electrons. The average molecular weight is 392 g/mol. The maximum atomic E-state index is 12.6. The fourth-order valence-corrected chi connectivity index (χ4v) is 3.50. The zero-order valence-electron chi connectivity index (χ0n) is 13.1. The maximum Gasteiger partial charge on any atom is 0.412 e. The summed E-state index contributed by atoms with van der Waals surface area (Å²) < 4.78 is 100. The summed E-state index contributed by atoms with van der Waals surface area (Å²) in [5.74, 6) is 0.390. The lowest BCUT2D eigenvalue weighted by molar-refractivity contribution is -0.164. The van der Waals surface area contributed by atoms with Crippen LogP contribution in [0.25, 0.3) is 5.31 Å². The molecule has 0 amide bonds. The van der Waals surface area contributed by atoms with Crippen LogP contribution in [0.1, 0.15) is 12.5 Å². The highest BCUT2D eigenvalue weighted by Gasteiger charge is 2.41. The van der Waals surface area contributed by atoms with Gasteiger partial charge in [-0.25, -0.2) is 0 Å². The Morgan fingerprint density at radius 2 is 1.44 bits per heavy atom. The quantitative estimate of drug-likeness (QED) is 0.460. The summed E-state index contributed by atoms with van der Waals surface area (Å²) >= 11 is 0. The van der Waals surface area contributed by atoms with Crippen molar-refractivity contribution in [2.24, 2.45) is 0 Å². The van der Waals surface area contributed by atoms with Gasteiger partial charge in [-0.15, -0.1) is 0 Å². The van der Waals surface area contributed by atoms with Gasteiger partial charge in [0.1, 0.15) is 5.75 Å². The fourth-order valence-electron chi connectivity index (χ4n) is 1.74. The second kappa shape index (κ2) is 8.25. The highest BCUT2D eigenvalue weighted by atomic mass is 31.2. The molecule has 0 radical (unpaired) electrons. The molecular formula is C14H15F6O4P. The van der Waals surface area contributed by atoms with Gasteiger partial charge in [-0.2, -0.15) is 26.3 Å². The summed E-state index contributed by atoms with van der Waals surface area (Å²) in [5, 5.41) is -0.413. The minimum atomic E-state index is -4.89. The Morgan fingerprint density at radius 3 is 1.76 bits per heavy atom. The number of hydrogen-bond acceptors (Lipinski definition) is 4. The van der Waals surface area contributed by atoms with Crippen molar-refractivity contribution in [2.75, 3.05) is 20.3 Å². The molecule has 0 aliphatic rings. The summed E-state index contributed by atoms with van der Waals surface area (Å²) in [6.07, 6.45) is -8.71. The van der Waals surface area contributed by atoms with E-state index < -0.39 is 38.5 Å². The van der Waals surface area contributed by atoms with E-state index in [9.17, 15) is 30.9 Å². The molecule has 0 aliphatic heterocycles. The third-order valence-corrected chi connectivity index (χ3v) is 4.80. The number of alkyl halides is 6. The normalized spacial score (nSPS) is 13.8. The molecule has 0 saturated heterocycles. The minimum Gasteiger partial charge on any atom is -0.497 e. The van der Waals surface area contributed by atoms with Gasteiger partial charge in [0.15, 0.2) is 13.2 Å². The van der Waals surface area contributed by atoms with Crippen molar-refractivity contribution in [2.45, 2.75) is 19.3 Å². The first kappa shape index (κ1) is 21.5. The molecule has 0 saturated carbocycles. The minimum absolute atomic E-state index is 0.0796. The van der Waals surface area contributed by atoms with Gasteiger partial charge in [0.05, 0.1) is 12.4 Å². The van der Waals surface area contributed by atoms with Gasteiger partial charge >= 0.3 is 19.9 Å². The molecule has 0 N–H and O–H groups in total. The van der Waals surface area contributed by atoms with Crippen LogP contribution in [-0.4, -0.2) is 32.7 Å². The summed E-state index contributed by atoms with van der Waals surface area (Å²) in [5.41, 5.74) is 0.0796. The molecule has 0 aromatic heterocycles. The van der Waals surface area contributed by atoms with E-state index in [4.69, 9.17) is 4.74 Å². The molecule has 0 unspecified atom stereocenters. The summed E-state index contributed by atoms with van der Waals surface area (Å²) in [7, 11) is -3.52. The van der Waals surface area contributed by atoms with Gasteiger partial charge in [-0.1, -0.05) is 18.2 Å². The van der Waals surface area contributed by atoms with E-state index >= 15 is 0 Å². The number of allylic oxidation sites excluding steroid dienone is 1. The third-order valence-electron chi connectivity index (χ3n) is 2.75. The Hall–Kier alpha value is -1.51. The molecule has 11 heteroatoms. The first-order valence-electron chi connectivity index (χ1n) is 6.74. The number of ether oxygens (including phenoxy) is 1. The topological polar surface area (TPSA) is 44.8 Å². The lowest BCUT2D eigenvalue weighted by atomic mass is 10.2. The molecular weight excluding hydrogens is 377 g/mol. The summed E-state index contributed by atoms with van der Waals surface area (Å²) in [4.78, 5) is 0. The van der Waals surface area contributed by atoms with Crippen LogP contribution < -0.4 is 4.74 Å². The predicted octanol–water partition coefficient (Wildman–Crippen LogP) is 5.41. The average Bonchev–Trinajstić information content (AvgIpc) is 2.51. The van der Waals surface area contributed by atoms with E-state index in [1.807, 2.05) is 0 Å². The number of benzene rings is 1. The number of rotatable bonds is 7. The highest BCUT2D eigenvalue weighted by Crippen LogP contribution is 2.61. The molecule has 4 nitrogen and oxygen atoms in total. The largest absolute Gasteiger partial charge is 0.497 e. The number of methoxy groups -OCH3 is 1. The van der Waals surface area contributed by atoms with Crippen molar-refractivity contribution < 1.29 is 44.7 Å². The molecule has 25 heavy (non-hydrogen) atoms. The molecule has 0 spiro atoms. The van der Waals surface area contributed by atoms with Crippen molar-refractivity contribution in [3.63, 3.8) is 0 Å². The van der Waals surface area contributed by atoms with Crippen LogP contribution in [0.3, 0.4) is 0 Å².